The molecule has 0 aromatic heterocycles. The number of hydrogen-bond donors (Lipinski definition) is 0. The summed E-state index contributed by atoms with van der Waals surface area (Å²) in [6.07, 6.45) is 7.16. The molecule has 4 fully saturated rings. The number of rotatable bonds is 2. The van der Waals surface area contributed by atoms with Crippen molar-refractivity contribution in [1.82, 2.24) is 9.80 Å². The molecule has 5 nitrogen and oxygen atoms in total. The van der Waals surface area contributed by atoms with Crippen molar-refractivity contribution in [3.8, 4) is 0 Å². The van der Waals surface area contributed by atoms with E-state index in [0.717, 1.165) is 45.8 Å². The van der Waals surface area contributed by atoms with Crippen molar-refractivity contribution in [3.63, 3.8) is 0 Å². The zero-order valence-corrected chi connectivity index (χ0v) is 19.5. The summed E-state index contributed by atoms with van der Waals surface area (Å²) in [5, 5.41) is 0. The van der Waals surface area contributed by atoms with Crippen LogP contribution >= 0.6 is 0 Å². The highest BCUT2D eigenvalue weighted by Gasteiger charge is 2.40. The van der Waals surface area contributed by atoms with Gasteiger partial charge in [0.25, 0.3) is 0 Å². The van der Waals surface area contributed by atoms with Crippen LogP contribution in [-0.4, -0.2) is 79.3 Å². The van der Waals surface area contributed by atoms with Crippen LogP contribution in [0.5, 0.6) is 0 Å². The van der Waals surface area contributed by atoms with E-state index in [2.05, 4.69) is 37.5 Å². The predicted molar refractivity (Wildman–Crippen MR) is 116 cm³/mol. The van der Waals surface area contributed by atoms with Gasteiger partial charge in [-0.25, -0.2) is 0 Å². The fourth-order valence-corrected chi connectivity index (χ4v) is 4.76. The predicted octanol–water partition coefficient (Wildman–Crippen LogP) is 4.30. The van der Waals surface area contributed by atoms with Crippen molar-refractivity contribution in [1.29, 1.82) is 0 Å². The highest BCUT2D eigenvalue weighted by atomic mass is 16.7. The van der Waals surface area contributed by atoms with Gasteiger partial charge in [-0.05, 0) is 53.4 Å². The van der Waals surface area contributed by atoms with E-state index >= 15 is 0 Å². The summed E-state index contributed by atoms with van der Waals surface area (Å²) >= 11 is 0. The minimum Gasteiger partial charge on any atom is -0.375 e. The summed E-state index contributed by atoms with van der Waals surface area (Å²) < 4.78 is 17.2. The van der Waals surface area contributed by atoms with Gasteiger partial charge in [-0.15, -0.1) is 0 Å². The van der Waals surface area contributed by atoms with Crippen LogP contribution < -0.4 is 0 Å². The SMILES string of the molecule is CC.CC(C)N1CCC2(CC1)OCCO2.CC(C)N1CCC2(CCCO2)CC1. The molecule has 166 valence electrons. The smallest absolute Gasteiger partial charge is 0.170 e. The lowest BCUT2D eigenvalue weighted by atomic mass is 9.88. The molecule has 5 heteroatoms. The Bertz CT molecular complexity index is 370. The summed E-state index contributed by atoms with van der Waals surface area (Å²) in [5.74, 6) is -0.203. The highest BCUT2D eigenvalue weighted by Crippen LogP contribution is 2.36. The first kappa shape index (κ1) is 24.1. The van der Waals surface area contributed by atoms with Crippen LogP contribution in [-0.2, 0) is 14.2 Å². The molecular weight excluding hydrogens is 352 g/mol. The number of likely N-dealkylation sites (tertiary alicyclic amines) is 2. The molecule has 4 saturated heterocycles. The molecule has 0 radical (unpaired) electrons. The average molecular weight is 399 g/mol. The van der Waals surface area contributed by atoms with Gasteiger partial charge in [0.05, 0.1) is 18.8 Å². The molecular formula is C23H46N2O3. The number of nitrogens with zero attached hydrogens (tertiary/aromatic N) is 2. The monoisotopic (exact) mass is 398 g/mol. The Hall–Kier alpha value is -0.200. The van der Waals surface area contributed by atoms with Crippen LogP contribution in [0.4, 0.5) is 0 Å². The fourth-order valence-electron chi connectivity index (χ4n) is 4.76. The van der Waals surface area contributed by atoms with Gasteiger partial charge in [0.2, 0.25) is 0 Å². The van der Waals surface area contributed by atoms with E-state index in [4.69, 9.17) is 14.2 Å². The highest BCUT2D eigenvalue weighted by molar-refractivity contribution is 4.91. The van der Waals surface area contributed by atoms with Gasteiger partial charge in [0.15, 0.2) is 5.79 Å². The molecule has 4 aliphatic heterocycles. The van der Waals surface area contributed by atoms with Crippen molar-refractivity contribution < 1.29 is 14.2 Å². The summed E-state index contributed by atoms with van der Waals surface area (Å²) in [6, 6.07) is 1.36. The van der Waals surface area contributed by atoms with Gasteiger partial charge in [0.1, 0.15) is 0 Å². The third-order valence-electron chi connectivity index (χ3n) is 6.73. The second-order valence-corrected chi connectivity index (χ2v) is 9.00. The van der Waals surface area contributed by atoms with Gasteiger partial charge in [-0.1, -0.05) is 13.8 Å². The molecule has 0 aromatic rings. The molecule has 0 aliphatic carbocycles. The molecule has 0 bridgehead atoms. The second kappa shape index (κ2) is 11.3. The second-order valence-electron chi connectivity index (χ2n) is 9.00. The molecule has 0 atom stereocenters. The molecule has 0 aromatic carbocycles. The summed E-state index contributed by atoms with van der Waals surface area (Å²) in [5.41, 5.74) is 0.297. The van der Waals surface area contributed by atoms with Gasteiger partial charge in [-0.3, -0.25) is 0 Å². The maximum absolute atomic E-state index is 5.88. The van der Waals surface area contributed by atoms with E-state index in [1.165, 1.54) is 38.8 Å². The number of piperidine rings is 2. The quantitative estimate of drug-likeness (QED) is 0.693. The van der Waals surface area contributed by atoms with Gasteiger partial charge >= 0.3 is 0 Å². The van der Waals surface area contributed by atoms with E-state index < -0.39 is 0 Å². The first-order chi connectivity index (χ1) is 13.4. The van der Waals surface area contributed by atoms with Crippen LogP contribution in [0.1, 0.15) is 80.1 Å². The molecule has 2 spiro atoms. The first-order valence-corrected chi connectivity index (χ1v) is 11.8. The number of ether oxygens (including phenoxy) is 3. The van der Waals surface area contributed by atoms with Crippen molar-refractivity contribution >= 4 is 0 Å². The van der Waals surface area contributed by atoms with E-state index in [1.54, 1.807) is 0 Å². The largest absolute Gasteiger partial charge is 0.375 e. The van der Waals surface area contributed by atoms with Crippen LogP contribution in [0.25, 0.3) is 0 Å². The Kier molecular flexibility index (Phi) is 9.68. The standard InChI is InChI=1S/C11H21NO.C10H19NO2.C2H6/c1-10(2)12-7-5-11(6-8-12)4-3-9-13-11;1-9(2)11-5-3-10(4-6-11)12-7-8-13-10;1-2/h10H,3-9H2,1-2H3;9H,3-8H2,1-2H3;1-2H3. The van der Waals surface area contributed by atoms with Crippen molar-refractivity contribution in [2.75, 3.05) is 46.0 Å². The Morgan fingerprint density at radius 1 is 0.607 bits per heavy atom. The van der Waals surface area contributed by atoms with Gasteiger partial charge in [0, 0.05) is 57.7 Å². The van der Waals surface area contributed by atoms with Crippen LogP contribution in [0.2, 0.25) is 0 Å². The van der Waals surface area contributed by atoms with Crippen LogP contribution in [0, 0.1) is 0 Å². The topological polar surface area (TPSA) is 34.2 Å². The third-order valence-corrected chi connectivity index (χ3v) is 6.73. The lowest BCUT2D eigenvalue weighted by Crippen LogP contribution is -2.47. The minimum absolute atomic E-state index is 0.203. The lowest BCUT2D eigenvalue weighted by Gasteiger charge is -2.40. The van der Waals surface area contributed by atoms with E-state index in [9.17, 15) is 0 Å². The molecule has 4 rings (SSSR count). The maximum atomic E-state index is 5.88. The minimum atomic E-state index is -0.203. The Morgan fingerprint density at radius 3 is 1.46 bits per heavy atom. The lowest BCUT2D eigenvalue weighted by molar-refractivity contribution is -0.187. The Balaban J connectivity index is 0.000000184. The molecule has 0 unspecified atom stereocenters. The summed E-state index contributed by atoms with van der Waals surface area (Å²) in [4.78, 5) is 5.04. The van der Waals surface area contributed by atoms with E-state index in [-0.39, 0.29) is 5.79 Å². The fraction of sp³-hybridized carbons (Fsp3) is 1.00. The van der Waals surface area contributed by atoms with Gasteiger partial charge in [-0.2, -0.15) is 0 Å². The molecule has 0 amide bonds. The van der Waals surface area contributed by atoms with Crippen molar-refractivity contribution in [2.45, 2.75) is 104 Å². The molecule has 0 saturated carbocycles. The normalized spacial score (nSPS) is 27.0. The van der Waals surface area contributed by atoms with Gasteiger partial charge < -0.3 is 24.0 Å². The zero-order chi connectivity index (χ0) is 20.6. The average Bonchev–Trinajstić information content (AvgIpc) is 3.35. The van der Waals surface area contributed by atoms with Crippen LogP contribution in [0.3, 0.4) is 0 Å². The van der Waals surface area contributed by atoms with Crippen LogP contribution in [0.15, 0.2) is 0 Å². The van der Waals surface area contributed by atoms with E-state index in [0.29, 0.717) is 17.7 Å². The third kappa shape index (κ3) is 6.40. The first-order valence-electron chi connectivity index (χ1n) is 11.8. The zero-order valence-electron chi connectivity index (χ0n) is 19.5. The Labute approximate surface area is 174 Å². The van der Waals surface area contributed by atoms with Crippen molar-refractivity contribution in [2.24, 2.45) is 0 Å². The molecule has 4 heterocycles. The molecule has 0 N–H and O–H groups in total. The van der Waals surface area contributed by atoms with Crippen molar-refractivity contribution in [3.05, 3.63) is 0 Å². The molecule has 4 aliphatic rings. The Morgan fingerprint density at radius 2 is 1.07 bits per heavy atom. The number of hydrogen-bond acceptors (Lipinski definition) is 5. The van der Waals surface area contributed by atoms with E-state index in [1.807, 2.05) is 13.8 Å². The summed E-state index contributed by atoms with van der Waals surface area (Å²) in [6.45, 7) is 20.3. The maximum Gasteiger partial charge on any atom is 0.170 e. The molecule has 28 heavy (non-hydrogen) atoms. The summed E-state index contributed by atoms with van der Waals surface area (Å²) in [7, 11) is 0.